The summed E-state index contributed by atoms with van der Waals surface area (Å²) >= 11 is 1.50. The van der Waals surface area contributed by atoms with E-state index in [-0.39, 0.29) is 23.7 Å². The smallest absolute Gasteiger partial charge is 0.258 e. The van der Waals surface area contributed by atoms with Crippen LogP contribution in [0.2, 0.25) is 0 Å². The first kappa shape index (κ1) is 12.2. The number of sulfonamides is 1. The number of nitrogens with one attached hydrogen (secondary N) is 2. The normalized spacial score (nSPS) is 11.8. The summed E-state index contributed by atoms with van der Waals surface area (Å²) in [7, 11) is -3.66. The van der Waals surface area contributed by atoms with Gasteiger partial charge in [0, 0.05) is 12.1 Å². The van der Waals surface area contributed by atoms with Crippen LogP contribution in [0.4, 0.5) is 0 Å². The number of aromatic amines is 1. The van der Waals surface area contributed by atoms with Crippen LogP contribution in [-0.2, 0) is 23.2 Å². The van der Waals surface area contributed by atoms with Crippen molar-refractivity contribution in [2.24, 2.45) is 0 Å². The second kappa shape index (κ2) is 4.96. The molecule has 0 aromatic carbocycles. The molecule has 2 aromatic heterocycles. The Morgan fingerprint density at radius 2 is 2.35 bits per heavy atom. The number of nitrogens with zero attached hydrogens (tertiary/aromatic N) is 1. The van der Waals surface area contributed by atoms with E-state index >= 15 is 0 Å². The summed E-state index contributed by atoms with van der Waals surface area (Å²) in [4.78, 5) is 0. The second-order valence-corrected chi connectivity index (χ2v) is 5.82. The van der Waals surface area contributed by atoms with E-state index in [2.05, 4.69) is 14.9 Å². The molecule has 0 saturated carbocycles. The molecule has 6 nitrogen and oxygen atoms in total. The summed E-state index contributed by atoms with van der Waals surface area (Å²) in [5.41, 5.74) is 1.14. The highest BCUT2D eigenvalue weighted by atomic mass is 32.2. The molecule has 0 bridgehead atoms. The summed E-state index contributed by atoms with van der Waals surface area (Å²) in [6.07, 6.45) is 1.29. The zero-order chi connectivity index (χ0) is 12.3. The molecule has 8 heteroatoms. The van der Waals surface area contributed by atoms with Crippen molar-refractivity contribution in [3.05, 3.63) is 34.2 Å². The predicted octanol–water partition coefficient (Wildman–Crippen LogP) is 0.442. The Morgan fingerprint density at radius 3 is 3.00 bits per heavy atom. The van der Waals surface area contributed by atoms with Crippen molar-refractivity contribution in [3.8, 4) is 0 Å². The number of hydrogen-bond acceptors (Lipinski definition) is 5. The van der Waals surface area contributed by atoms with Gasteiger partial charge in [-0.05, 0) is 22.4 Å². The van der Waals surface area contributed by atoms with Crippen LogP contribution in [0.25, 0.3) is 0 Å². The lowest BCUT2D eigenvalue weighted by molar-refractivity contribution is 0.278. The van der Waals surface area contributed by atoms with Crippen LogP contribution in [0, 0.1) is 0 Å². The second-order valence-electron chi connectivity index (χ2n) is 3.34. The monoisotopic (exact) mass is 273 g/mol. The molecule has 0 aliphatic heterocycles. The molecular weight excluding hydrogens is 262 g/mol. The van der Waals surface area contributed by atoms with Crippen LogP contribution >= 0.6 is 11.3 Å². The number of H-pyrrole nitrogens is 1. The van der Waals surface area contributed by atoms with Crippen LogP contribution in [0.1, 0.15) is 11.1 Å². The number of hydrogen-bond donors (Lipinski definition) is 3. The molecule has 0 radical (unpaired) electrons. The molecule has 0 atom stereocenters. The summed E-state index contributed by atoms with van der Waals surface area (Å²) < 4.78 is 26.2. The summed E-state index contributed by atoms with van der Waals surface area (Å²) in [5.74, 6) is 0. The minimum absolute atomic E-state index is 0.0878. The van der Waals surface area contributed by atoms with Gasteiger partial charge in [-0.3, -0.25) is 5.10 Å². The molecule has 92 valence electrons. The third kappa shape index (κ3) is 2.72. The maximum Gasteiger partial charge on any atom is 0.258 e. The lowest BCUT2D eigenvalue weighted by atomic mass is 10.4. The predicted molar refractivity (Wildman–Crippen MR) is 62.9 cm³/mol. The van der Waals surface area contributed by atoms with E-state index < -0.39 is 10.0 Å². The van der Waals surface area contributed by atoms with Crippen molar-refractivity contribution >= 4 is 21.4 Å². The molecule has 2 rings (SSSR count). The molecule has 0 amide bonds. The average molecular weight is 273 g/mol. The van der Waals surface area contributed by atoms with Crippen LogP contribution in [0.5, 0.6) is 0 Å². The average Bonchev–Trinajstić information content (AvgIpc) is 2.97. The SMILES string of the molecule is O=S(=O)(NCc1ccsc1)c1[nH]ncc1CO. The van der Waals surface area contributed by atoms with E-state index in [1.165, 1.54) is 17.5 Å². The number of aliphatic hydroxyl groups excluding tert-OH is 1. The highest BCUT2D eigenvalue weighted by Crippen LogP contribution is 2.12. The fourth-order valence-electron chi connectivity index (χ4n) is 1.29. The lowest BCUT2D eigenvalue weighted by Crippen LogP contribution is -2.24. The van der Waals surface area contributed by atoms with Crippen molar-refractivity contribution in [2.45, 2.75) is 18.2 Å². The van der Waals surface area contributed by atoms with Gasteiger partial charge in [-0.1, -0.05) is 0 Å². The van der Waals surface area contributed by atoms with Crippen molar-refractivity contribution in [1.29, 1.82) is 0 Å². The van der Waals surface area contributed by atoms with Gasteiger partial charge in [-0.2, -0.15) is 16.4 Å². The number of rotatable bonds is 5. The fraction of sp³-hybridized carbons (Fsp3) is 0.222. The Kier molecular flexibility index (Phi) is 3.57. The molecule has 3 N–H and O–H groups in total. The quantitative estimate of drug-likeness (QED) is 0.736. The summed E-state index contributed by atoms with van der Waals surface area (Å²) in [6.45, 7) is -0.152. The molecule has 17 heavy (non-hydrogen) atoms. The van der Waals surface area contributed by atoms with Crippen LogP contribution < -0.4 is 4.72 Å². The lowest BCUT2D eigenvalue weighted by Gasteiger charge is -2.04. The molecule has 0 unspecified atom stereocenters. The molecule has 2 aromatic rings. The highest BCUT2D eigenvalue weighted by molar-refractivity contribution is 7.89. The molecular formula is C9H11N3O3S2. The molecule has 2 heterocycles. The number of aromatic nitrogens is 2. The minimum Gasteiger partial charge on any atom is -0.392 e. The summed E-state index contributed by atoms with van der Waals surface area (Å²) in [6, 6.07) is 1.84. The zero-order valence-corrected chi connectivity index (χ0v) is 10.4. The first-order chi connectivity index (χ1) is 8.13. The van der Waals surface area contributed by atoms with Gasteiger partial charge in [0.1, 0.15) is 0 Å². The van der Waals surface area contributed by atoms with Gasteiger partial charge >= 0.3 is 0 Å². The number of aliphatic hydroxyl groups is 1. The van der Waals surface area contributed by atoms with Crippen molar-refractivity contribution < 1.29 is 13.5 Å². The number of thiophene rings is 1. The molecule has 0 saturated heterocycles. The van der Waals surface area contributed by atoms with E-state index in [1.807, 2.05) is 16.8 Å². The molecule has 0 spiro atoms. The maximum atomic E-state index is 11.9. The van der Waals surface area contributed by atoms with Crippen molar-refractivity contribution in [3.63, 3.8) is 0 Å². The maximum absolute atomic E-state index is 11.9. The Hall–Kier alpha value is -1.22. The minimum atomic E-state index is -3.66. The van der Waals surface area contributed by atoms with Gasteiger partial charge in [0.15, 0.2) is 5.03 Å². The van der Waals surface area contributed by atoms with Crippen LogP contribution in [0.3, 0.4) is 0 Å². The first-order valence-corrected chi connectivity index (χ1v) is 7.20. The molecule has 0 aliphatic carbocycles. The van der Waals surface area contributed by atoms with Gasteiger partial charge in [0.25, 0.3) is 10.0 Å². The fourth-order valence-corrected chi connectivity index (χ4v) is 3.09. The van der Waals surface area contributed by atoms with Gasteiger partial charge in [-0.25, -0.2) is 13.1 Å². The zero-order valence-electron chi connectivity index (χ0n) is 8.75. The highest BCUT2D eigenvalue weighted by Gasteiger charge is 2.19. The Balaban J connectivity index is 2.14. The van der Waals surface area contributed by atoms with E-state index in [4.69, 9.17) is 5.11 Å². The molecule has 0 fully saturated rings. The van der Waals surface area contributed by atoms with Gasteiger partial charge in [0.2, 0.25) is 0 Å². The van der Waals surface area contributed by atoms with Crippen molar-refractivity contribution in [2.75, 3.05) is 0 Å². The largest absolute Gasteiger partial charge is 0.392 e. The Morgan fingerprint density at radius 1 is 1.53 bits per heavy atom. The first-order valence-electron chi connectivity index (χ1n) is 4.77. The Bertz CT molecular complexity index is 574. The third-order valence-electron chi connectivity index (χ3n) is 2.16. The van der Waals surface area contributed by atoms with Crippen LogP contribution in [-0.4, -0.2) is 23.7 Å². The van der Waals surface area contributed by atoms with Crippen LogP contribution in [0.15, 0.2) is 28.0 Å². The standard InChI is InChI=1S/C9H11N3O3S2/c13-5-8-4-10-12-9(8)17(14,15)11-3-7-1-2-16-6-7/h1-2,4,6,11,13H,3,5H2,(H,10,12). The topological polar surface area (TPSA) is 95.1 Å². The Labute approximate surface area is 102 Å². The van der Waals surface area contributed by atoms with Gasteiger partial charge < -0.3 is 5.11 Å². The molecule has 0 aliphatic rings. The third-order valence-corrected chi connectivity index (χ3v) is 4.31. The van der Waals surface area contributed by atoms with E-state index in [1.54, 1.807) is 0 Å². The van der Waals surface area contributed by atoms with Gasteiger partial charge in [-0.15, -0.1) is 0 Å². The summed E-state index contributed by atoms with van der Waals surface area (Å²) in [5, 5.41) is 18.6. The van der Waals surface area contributed by atoms with E-state index in [0.717, 1.165) is 5.56 Å². The van der Waals surface area contributed by atoms with Gasteiger partial charge in [0.05, 0.1) is 12.8 Å². The van der Waals surface area contributed by atoms with E-state index in [0.29, 0.717) is 0 Å². The van der Waals surface area contributed by atoms with E-state index in [9.17, 15) is 8.42 Å². The van der Waals surface area contributed by atoms with Crippen molar-refractivity contribution in [1.82, 2.24) is 14.9 Å².